The Bertz CT molecular complexity index is 365. The van der Waals surface area contributed by atoms with E-state index in [-0.39, 0.29) is 0 Å². The summed E-state index contributed by atoms with van der Waals surface area (Å²) in [6, 6.07) is 6.86. The molecule has 1 aromatic rings. The average molecular weight is 235 g/mol. The van der Waals surface area contributed by atoms with E-state index in [2.05, 4.69) is 23.5 Å². The summed E-state index contributed by atoms with van der Waals surface area (Å²) < 4.78 is 10.4. The Balaban J connectivity index is 2.11. The molecule has 0 fully saturated rings. The van der Waals surface area contributed by atoms with Crippen LogP contribution in [0.25, 0.3) is 0 Å². The predicted molar refractivity (Wildman–Crippen MR) is 68.6 cm³/mol. The van der Waals surface area contributed by atoms with Crippen LogP contribution in [0.15, 0.2) is 18.2 Å². The lowest BCUT2D eigenvalue weighted by molar-refractivity contribution is 0.194. The molecule has 1 aliphatic rings. The summed E-state index contributed by atoms with van der Waals surface area (Å²) in [6.45, 7) is 1.66. The number of aryl methyl sites for hydroxylation is 1. The summed E-state index contributed by atoms with van der Waals surface area (Å²) in [5, 5.41) is 3.55. The minimum Gasteiger partial charge on any atom is -0.497 e. The maximum absolute atomic E-state index is 5.30. The van der Waals surface area contributed by atoms with Crippen LogP contribution in [0.3, 0.4) is 0 Å². The fourth-order valence-electron chi connectivity index (χ4n) is 2.45. The van der Waals surface area contributed by atoms with Crippen LogP contribution < -0.4 is 10.1 Å². The van der Waals surface area contributed by atoms with Gasteiger partial charge in [-0.25, -0.2) is 0 Å². The second kappa shape index (κ2) is 6.03. The van der Waals surface area contributed by atoms with E-state index in [1.165, 1.54) is 30.4 Å². The molecule has 0 saturated carbocycles. The van der Waals surface area contributed by atoms with Gasteiger partial charge in [-0.15, -0.1) is 0 Å². The molecule has 1 N–H and O–H groups in total. The number of hydrogen-bond donors (Lipinski definition) is 1. The van der Waals surface area contributed by atoms with Crippen molar-refractivity contribution in [3.8, 4) is 5.75 Å². The molecular weight excluding hydrogens is 214 g/mol. The van der Waals surface area contributed by atoms with E-state index >= 15 is 0 Å². The summed E-state index contributed by atoms with van der Waals surface area (Å²) in [6.07, 6.45) is 3.63. The number of hydrogen-bond acceptors (Lipinski definition) is 3. The van der Waals surface area contributed by atoms with Crippen molar-refractivity contribution < 1.29 is 9.47 Å². The Morgan fingerprint density at radius 3 is 3.00 bits per heavy atom. The normalized spacial score (nSPS) is 18.8. The van der Waals surface area contributed by atoms with E-state index in [1.54, 1.807) is 14.2 Å². The van der Waals surface area contributed by atoms with E-state index < -0.39 is 0 Å². The molecule has 17 heavy (non-hydrogen) atoms. The van der Waals surface area contributed by atoms with Crippen molar-refractivity contribution in [2.24, 2.45) is 0 Å². The molecule has 1 atom stereocenters. The highest BCUT2D eigenvalue weighted by atomic mass is 16.5. The van der Waals surface area contributed by atoms with Gasteiger partial charge in [0.1, 0.15) is 5.75 Å². The van der Waals surface area contributed by atoms with Gasteiger partial charge in [0, 0.05) is 19.7 Å². The first-order valence-corrected chi connectivity index (χ1v) is 6.24. The van der Waals surface area contributed by atoms with Crippen molar-refractivity contribution in [2.75, 3.05) is 27.4 Å². The van der Waals surface area contributed by atoms with Crippen LogP contribution in [0.5, 0.6) is 5.75 Å². The smallest absolute Gasteiger partial charge is 0.119 e. The van der Waals surface area contributed by atoms with Crippen LogP contribution in [0.4, 0.5) is 0 Å². The zero-order chi connectivity index (χ0) is 12.1. The molecule has 0 aliphatic heterocycles. The number of rotatable bonds is 5. The molecule has 0 spiro atoms. The first-order chi connectivity index (χ1) is 8.35. The first-order valence-electron chi connectivity index (χ1n) is 6.24. The quantitative estimate of drug-likeness (QED) is 0.794. The molecule has 1 unspecified atom stereocenters. The van der Waals surface area contributed by atoms with E-state index in [4.69, 9.17) is 9.47 Å². The van der Waals surface area contributed by atoms with Crippen LogP contribution in [-0.2, 0) is 11.2 Å². The minimum atomic E-state index is 0.448. The van der Waals surface area contributed by atoms with Crippen LogP contribution in [0.2, 0.25) is 0 Å². The second-order valence-electron chi connectivity index (χ2n) is 4.46. The van der Waals surface area contributed by atoms with Gasteiger partial charge in [-0.1, -0.05) is 6.07 Å². The minimum absolute atomic E-state index is 0.448. The third-order valence-electron chi connectivity index (χ3n) is 3.36. The lowest BCUT2D eigenvalue weighted by Gasteiger charge is -2.27. The van der Waals surface area contributed by atoms with Gasteiger partial charge in [-0.3, -0.25) is 0 Å². The largest absolute Gasteiger partial charge is 0.497 e. The predicted octanol–water partition coefficient (Wildman–Crippen LogP) is 2.31. The molecule has 1 aromatic carbocycles. The topological polar surface area (TPSA) is 30.5 Å². The Hall–Kier alpha value is -1.06. The standard InChI is InChI=1S/C14H21NO2/c1-16-9-8-15-14-5-3-4-11-6-7-12(17-2)10-13(11)14/h6-7,10,14-15H,3-5,8-9H2,1-2H3. The molecule has 3 nitrogen and oxygen atoms in total. The monoisotopic (exact) mass is 235 g/mol. The zero-order valence-corrected chi connectivity index (χ0v) is 10.7. The summed E-state index contributed by atoms with van der Waals surface area (Å²) in [5.41, 5.74) is 2.85. The van der Waals surface area contributed by atoms with Gasteiger partial charge in [-0.2, -0.15) is 0 Å². The van der Waals surface area contributed by atoms with Gasteiger partial charge in [0.25, 0.3) is 0 Å². The lowest BCUT2D eigenvalue weighted by atomic mass is 9.87. The Kier molecular flexibility index (Phi) is 4.40. The molecular formula is C14H21NO2. The van der Waals surface area contributed by atoms with Gasteiger partial charge in [0.05, 0.1) is 13.7 Å². The number of nitrogens with one attached hydrogen (secondary N) is 1. The van der Waals surface area contributed by atoms with Crippen LogP contribution in [-0.4, -0.2) is 27.4 Å². The molecule has 0 aromatic heterocycles. The molecule has 3 heteroatoms. The van der Waals surface area contributed by atoms with Crippen LogP contribution in [0.1, 0.15) is 30.0 Å². The third kappa shape index (κ3) is 2.99. The van der Waals surface area contributed by atoms with Gasteiger partial charge in [-0.05, 0) is 42.5 Å². The fraction of sp³-hybridized carbons (Fsp3) is 0.571. The molecule has 0 saturated heterocycles. The van der Waals surface area contributed by atoms with Crippen molar-refractivity contribution in [1.29, 1.82) is 0 Å². The third-order valence-corrected chi connectivity index (χ3v) is 3.36. The second-order valence-corrected chi connectivity index (χ2v) is 4.46. The van der Waals surface area contributed by atoms with E-state index in [0.29, 0.717) is 6.04 Å². The van der Waals surface area contributed by atoms with Crippen LogP contribution >= 0.6 is 0 Å². The summed E-state index contributed by atoms with van der Waals surface area (Å²) in [5.74, 6) is 0.948. The number of fused-ring (bicyclic) bond motifs is 1. The summed E-state index contributed by atoms with van der Waals surface area (Å²) >= 11 is 0. The molecule has 0 radical (unpaired) electrons. The highest BCUT2D eigenvalue weighted by molar-refractivity contribution is 5.39. The van der Waals surface area contributed by atoms with E-state index in [1.807, 2.05) is 0 Å². The molecule has 0 bridgehead atoms. The van der Waals surface area contributed by atoms with Gasteiger partial charge < -0.3 is 14.8 Å². The van der Waals surface area contributed by atoms with Gasteiger partial charge in [0.15, 0.2) is 0 Å². The molecule has 0 amide bonds. The van der Waals surface area contributed by atoms with E-state index in [0.717, 1.165) is 18.9 Å². The Labute approximate surface area is 103 Å². The Morgan fingerprint density at radius 2 is 2.24 bits per heavy atom. The highest BCUT2D eigenvalue weighted by Gasteiger charge is 2.19. The average Bonchev–Trinajstić information content (AvgIpc) is 2.39. The van der Waals surface area contributed by atoms with Crippen LogP contribution in [0, 0.1) is 0 Å². The van der Waals surface area contributed by atoms with E-state index in [9.17, 15) is 0 Å². The van der Waals surface area contributed by atoms with Crippen molar-refractivity contribution in [3.05, 3.63) is 29.3 Å². The summed E-state index contributed by atoms with van der Waals surface area (Å²) in [7, 11) is 3.46. The maximum atomic E-state index is 5.30. The van der Waals surface area contributed by atoms with Crippen molar-refractivity contribution in [2.45, 2.75) is 25.3 Å². The SMILES string of the molecule is COCCNC1CCCc2ccc(OC)cc21. The first kappa shape index (κ1) is 12.4. The van der Waals surface area contributed by atoms with Crippen molar-refractivity contribution in [3.63, 3.8) is 0 Å². The van der Waals surface area contributed by atoms with Crippen molar-refractivity contribution >= 4 is 0 Å². The van der Waals surface area contributed by atoms with Gasteiger partial charge in [0.2, 0.25) is 0 Å². The number of ether oxygens (including phenoxy) is 2. The number of benzene rings is 1. The van der Waals surface area contributed by atoms with Crippen molar-refractivity contribution in [1.82, 2.24) is 5.32 Å². The van der Waals surface area contributed by atoms with Gasteiger partial charge >= 0.3 is 0 Å². The highest BCUT2D eigenvalue weighted by Crippen LogP contribution is 2.32. The zero-order valence-electron chi connectivity index (χ0n) is 10.7. The summed E-state index contributed by atoms with van der Waals surface area (Å²) in [4.78, 5) is 0. The molecule has 1 aliphatic carbocycles. The fourth-order valence-corrected chi connectivity index (χ4v) is 2.45. The maximum Gasteiger partial charge on any atom is 0.119 e. The number of methoxy groups -OCH3 is 2. The molecule has 2 rings (SSSR count). The Morgan fingerprint density at radius 1 is 1.35 bits per heavy atom. The lowest BCUT2D eigenvalue weighted by Crippen LogP contribution is -2.28. The molecule has 94 valence electrons. The molecule has 0 heterocycles.